The molecule has 3 rings (SSSR count). The summed E-state index contributed by atoms with van der Waals surface area (Å²) in [4.78, 5) is 27.1. The maximum atomic E-state index is 12.9. The minimum absolute atomic E-state index is 0.00334. The molecule has 1 amide bonds. The number of carboxylic acid groups (broad SMARTS) is 1. The van der Waals surface area contributed by atoms with Crippen molar-refractivity contribution in [2.75, 3.05) is 6.54 Å². The lowest BCUT2D eigenvalue weighted by Gasteiger charge is -2.21. The first kappa shape index (κ1) is 30.5. The van der Waals surface area contributed by atoms with Gasteiger partial charge in [0.25, 0.3) is 5.91 Å². The van der Waals surface area contributed by atoms with Gasteiger partial charge < -0.3 is 15.2 Å². The highest BCUT2D eigenvalue weighted by atomic mass is 19.4. The molecule has 0 fully saturated rings. The lowest BCUT2D eigenvalue weighted by atomic mass is 10.0. The Labute approximate surface area is 226 Å². The van der Waals surface area contributed by atoms with Crippen molar-refractivity contribution in [2.24, 2.45) is 0 Å². The Hall–Kier alpha value is -4.09. The minimum atomic E-state index is -4.47. The van der Waals surface area contributed by atoms with Crippen molar-refractivity contribution in [1.82, 2.24) is 10.3 Å². The van der Waals surface area contributed by atoms with Crippen LogP contribution in [0.4, 0.5) is 26.3 Å². The number of ether oxygens (including phenoxy) is 1. The zero-order valence-corrected chi connectivity index (χ0v) is 21.3. The standard InChI is InChI=1S/C28H26F6N2O4/c1-17-15-22(16-36-25(17)19-8-10-21(11-9-19)28(32,33)34)40-23(3-2-13-27(29,30)31)18-4-6-20(7-5-18)26(39)35-14-12-24(37)38/h4-11,15-16,23H,2-3,12-14H2,1H3,(H,35,39)(H,37,38). The lowest BCUT2D eigenvalue weighted by Crippen LogP contribution is -2.26. The molecule has 2 N–H and O–H groups in total. The molecule has 1 heterocycles. The number of aromatic nitrogens is 1. The van der Waals surface area contributed by atoms with E-state index in [0.717, 1.165) is 12.1 Å². The molecular formula is C28H26F6N2O4. The number of carbonyl (C=O) groups is 2. The van der Waals surface area contributed by atoms with Gasteiger partial charge in [0.2, 0.25) is 0 Å². The summed E-state index contributed by atoms with van der Waals surface area (Å²) in [5, 5.41) is 11.2. The van der Waals surface area contributed by atoms with Gasteiger partial charge in [-0.15, -0.1) is 0 Å². The molecule has 1 aromatic heterocycles. The van der Waals surface area contributed by atoms with Crippen molar-refractivity contribution in [3.63, 3.8) is 0 Å². The fourth-order valence-electron chi connectivity index (χ4n) is 3.91. The molecule has 1 atom stereocenters. The van der Waals surface area contributed by atoms with Gasteiger partial charge in [0.05, 0.1) is 23.9 Å². The summed E-state index contributed by atoms with van der Waals surface area (Å²) in [6, 6.07) is 12.1. The Morgan fingerprint density at radius 3 is 2.20 bits per heavy atom. The van der Waals surface area contributed by atoms with Crippen LogP contribution in [0.25, 0.3) is 11.3 Å². The van der Waals surface area contributed by atoms with Crippen LogP contribution in [0.3, 0.4) is 0 Å². The number of pyridine rings is 1. The second kappa shape index (κ2) is 12.8. The van der Waals surface area contributed by atoms with Gasteiger partial charge in [-0.1, -0.05) is 24.3 Å². The van der Waals surface area contributed by atoms with Crippen molar-refractivity contribution in [2.45, 2.75) is 51.1 Å². The zero-order valence-electron chi connectivity index (χ0n) is 21.3. The van der Waals surface area contributed by atoms with Crippen molar-refractivity contribution in [1.29, 1.82) is 0 Å². The molecule has 0 spiro atoms. The Morgan fingerprint density at radius 1 is 1.00 bits per heavy atom. The van der Waals surface area contributed by atoms with E-state index < -0.39 is 42.3 Å². The number of nitrogens with zero attached hydrogens (tertiary/aromatic N) is 1. The maximum absolute atomic E-state index is 12.9. The molecule has 0 aliphatic heterocycles. The molecule has 0 saturated heterocycles. The van der Waals surface area contributed by atoms with Gasteiger partial charge in [-0.3, -0.25) is 14.6 Å². The number of hydrogen-bond acceptors (Lipinski definition) is 4. The number of carboxylic acids is 1. The highest BCUT2D eigenvalue weighted by molar-refractivity contribution is 5.94. The van der Waals surface area contributed by atoms with E-state index in [1.165, 1.54) is 30.5 Å². The van der Waals surface area contributed by atoms with Gasteiger partial charge in [-0.25, -0.2) is 0 Å². The molecular weight excluding hydrogens is 542 g/mol. The highest BCUT2D eigenvalue weighted by Crippen LogP contribution is 2.34. The number of aliphatic carboxylic acids is 1. The molecule has 0 bridgehead atoms. The monoisotopic (exact) mass is 568 g/mol. The third-order valence-corrected chi connectivity index (χ3v) is 5.91. The Bertz CT molecular complexity index is 1310. The van der Waals surface area contributed by atoms with Crippen LogP contribution < -0.4 is 10.1 Å². The number of alkyl halides is 6. The number of halogens is 6. The second-order valence-corrected chi connectivity index (χ2v) is 9.05. The molecule has 0 aliphatic rings. The first-order chi connectivity index (χ1) is 18.7. The van der Waals surface area contributed by atoms with Gasteiger partial charge in [0.1, 0.15) is 11.9 Å². The molecule has 3 aromatic rings. The van der Waals surface area contributed by atoms with Crippen LogP contribution >= 0.6 is 0 Å². The summed E-state index contributed by atoms with van der Waals surface area (Å²) >= 11 is 0. The molecule has 0 saturated carbocycles. The van der Waals surface area contributed by atoms with E-state index in [1.807, 2.05) is 0 Å². The predicted molar refractivity (Wildman–Crippen MR) is 134 cm³/mol. The average molecular weight is 569 g/mol. The third-order valence-electron chi connectivity index (χ3n) is 5.91. The number of benzene rings is 2. The molecule has 2 aromatic carbocycles. The van der Waals surface area contributed by atoms with E-state index in [1.54, 1.807) is 25.1 Å². The maximum Gasteiger partial charge on any atom is 0.416 e. The Morgan fingerprint density at radius 2 is 1.65 bits per heavy atom. The fraction of sp³-hybridized carbons (Fsp3) is 0.321. The van der Waals surface area contributed by atoms with Gasteiger partial charge in [0, 0.05) is 24.1 Å². The van der Waals surface area contributed by atoms with Crippen molar-refractivity contribution >= 4 is 11.9 Å². The third kappa shape index (κ3) is 8.99. The summed E-state index contributed by atoms with van der Waals surface area (Å²) < 4.78 is 83.0. The normalized spacial score (nSPS) is 12.6. The zero-order chi connectivity index (χ0) is 29.5. The van der Waals surface area contributed by atoms with E-state index in [4.69, 9.17) is 9.84 Å². The SMILES string of the molecule is Cc1cc(OC(CCCC(F)(F)F)c2ccc(C(=O)NCCC(=O)O)cc2)cnc1-c1ccc(C(F)(F)F)cc1. The summed E-state index contributed by atoms with van der Waals surface area (Å²) in [5.41, 5.74) is 1.42. The van der Waals surface area contributed by atoms with Crippen LogP contribution in [-0.4, -0.2) is 34.7 Å². The smallest absolute Gasteiger partial charge is 0.416 e. The van der Waals surface area contributed by atoms with Gasteiger partial charge in [0.15, 0.2) is 0 Å². The van der Waals surface area contributed by atoms with Crippen LogP contribution in [0, 0.1) is 6.92 Å². The molecule has 1 unspecified atom stereocenters. The number of hydrogen-bond donors (Lipinski definition) is 2. The van der Waals surface area contributed by atoms with Crippen LogP contribution in [0.15, 0.2) is 60.8 Å². The lowest BCUT2D eigenvalue weighted by molar-refractivity contribution is -0.138. The number of rotatable bonds is 11. The van der Waals surface area contributed by atoms with Gasteiger partial charge in [-0.2, -0.15) is 26.3 Å². The van der Waals surface area contributed by atoms with Crippen molar-refractivity contribution in [3.8, 4) is 17.0 Å². The largest absolute Gasteiger partial charge is 0.484 e. The molecule has 214 valence electrons. The Kier molecular flexibility index (Phi) is 9.78. The van der Waals surface area contributed by atoms with Crippen LogP contribution in [0.2, 0.25) is 0 Å². The first-order valence-electron chi connectivity index (χ1n) is 12.2. The number of nitrogens with one attached hydrogen (secondary N) is 1. The van der Waals surface area contributed by atoms with Crippen LogP contribution in [0.1, 0.15) is 58.8 Å². The van der Waals surface area contributed by atoms with E-state index in [2.05, 4.69) is 10.3 Å². The molecule has 40 heavy (non-hydrogen) atoms. The summed E-state index contributed by atoms with van der Waals surface area (Å²) in [5.74, 6) is -1.31. The van der Waals surface area contributed by atoms with Crippen LogP contribution in [-0.2, 0) is 11.0 Å². The van der Waals surface area contributed by atoms with Crippen LogP contribution in [0.5, 0.6) is 5.75 Å². The number of amides is 1. The topological polar surface area (TPSA) is 88.5 Å². The van der Waals surface area contributed by atoms with E-state index in [9.17, 15) is 35.9 Å². The summed E-state index contributed by atoms with van der Waals surface area (Å²) in [7, 11) is 0. The van der Waals surface area contributed by atoms with Crippen molar-refractivity contribution in [3.05, 3.63) is 83.0 Å². The van der Waals surface area contributed by atoms with E-state index in [-0.39, 0.29) is 37.1 Å². The molecule has 12 heteroatoms. The predicted octanol–water partition coefficient (Wildman–Crippen LogP) is 7.13. The molecule has 0 radical (unpaired) electrons. The summed E-state index contributed by atoms with van der Waals surface area (Å²) in [6.07, 6.45) is -9.76. The minimum Gasteiger partial charge on any atom is -0.484 e. The van der Waals surface area contributed by atoms with Crippen molar-refractivity contribution < 1.29 is 45.8 Å². The summed E-state index contributed by atoms with van der Waals surface area (Å²) in [6.45, 7) is 1.62. The quantitative estimate of drug-likeness (QED) is 0.240. The highest BCUT2D eigenvalue weighted by Gasteiger charge is 2.30. The first-order valence-corrected chi connectivity index (χ1v) is 12.2. The molecule has 6 nitrogen and oxygen atoms in total. The Balaban J connectivity index is 1.78. The second-order valence-electron chi connectivity index (χ2n) is 9.05. The van der Waals surface area contributed by atoms with Gasteiger partial charge >= 0.3 is 18.3 Å². The van der Waals surface area contributed by atoms with E-state index in [0.29, 0.717) is 22.4 Å². The fourth-order valence-corrected chi connectivity index (χ4v) is 3.91. The number of carbonyl (C=O) groups excluding carboxylic acids is 1. The average Bonchev–Trinajstić information content (AvgIpc) is 2.87. The van der Waals surface area contributed by atoms with Gasteiger partial charge in [-0.05, 0) is 61.2 Å². The van der Waals surface area contributed by atoms with E-state index >= 15 is 0 Å². The molecule has 0 aliphatic carbocycles. The number of aryl methyl sites for hydroxylation is 1.